The molecule has 0 bridgehead atoms. The minimum Gasteiger partial charge on any atom is -0.489 e. The summed E-state index contributed by atoms with van der Waals surface area (Å²) in [5.74, 6) is -0.0991. The zero-order valence-corrected chi connectivity index (χ0v) is 17.3. The van der Waals surface area contributed by atoms with E-state index in [0.717, 1.165) is 11.3 Å². The van der Waals surface area contributed by atoms with Gasteiger partial charge in [0.05, 0.1) is 0 Å². The highest BCUT2D eigenvalue weighted by atomic mass is 16.5. The minimum atomic E-state index is -0.480. The number of rotatable bonds is 5. The Balaban J connectivity index is 1.50. The predicted octanol–water partition coefficient (Wildman–Crippen LogP) is 4.03. The Bertz CT molecular complexity index is 993. The molecule has 1 aromatic heterocycles. The number of hydrogen-bond donors (Lipinski definition) is 2. The molecule has 30 heavy (non-hydrogen) atoms. The molecule has 0 aliphatic carbocycles. The molecular formula is C24H25N3O3. The normalized spacial score (nSPS) is 10.9. The first-order valence-corrected chi connectivity index (χ1v) is 9.67. The Kier molecular flexibility index (Phi) is 6.47. The van der Waals surface area contributed by atoms with Crippen LogP contribution in [0.25, 0.3) is 0 Å². The molecule has 0 spiro atoms. The zero-order chi connectivity index (χ0) is 21.6. The number of hydrazine groups is 1. The van der Waals surface area contributed by atoms with E-state index >= 15 is 0 Å². The van der Waals surface area contributed by atoms with E-state index < -0.39 is 11.8 Å². The van der Waals surface area contributed by atoms with Crippen molar-refractivity contribution >= 4 is 11.8 Å². The molecule has 3 rings (SSSR count). The average Bonchev–Trinajstić information content (AvgIpc) is 2.76. The number of aromatic nitrogens is 1. The minimum absolute atomic E-state index is 0.103. The summed E-state index contributed by atoms with van der Waals surface area (Å²) in [6.07, 6.45) is 1.51. The van der Waals surface area contributed by atoms with Crippen LogP contribution in [0.2, 0.25) is 0 Å². The molecule has 0 aliphatic rings. The lowest BCUT2D eigenvalue weighted by Crippen LogP contribution is -2.41. The monoisotopic (exact) mass is 403 g/mol. The first kappa shape index (κ1) is 21.0. The van der Waals surface area contributed by atoms with Gasteiger partial charge in [0, 0.05) is 11.8 Å². The van der Waals surface area contributed by atoms with Crippen molar-refractivity contribution in [2.75, 3.05) is 0 Å². The predicted molar refractivity (Wildman–Crippen MR) is 115 cm³/mol. The molecule has 3 aromatic rings. The van der Waals surface area contributed by atoms with Crippen molar-refractivity contribution < 1.29 is 14.3 Å². The molecule has 0 unspecified atom stereocenters. The Morgan fingerprint density at radius 1 is 0.867 bits per heavy atom. The van der Waals surface area contributed by atoms with Crippen molar-refractivity contribution in [3.63, 3.8) is 0 Å². The molecule has 1 heterocycles. The number of hydrogen-bond acceptors (Lipinski definition) is 4. The number of carbonyl (C=O) groups excluding carboxylic acids is 2. The van der Waals surface area contributed by atoms with Gasteiger partial charge >= 0.3 is 0 Å². The Morgan fingerprint density at radius 2 is 1.53 bits per heavy atom. The highest BCUT2D eigenvalue weighted by Crippen LogP contribution is 2.24. The first-order chi connectivity index (χ1) is 14.3. The van der Waals surface area contributed by atoms with Crippen molar-refractivity contribution in [3.8, 4) is 5.75 Å². The standard InChI is InChI=1S/C24H25N3O3/c1-24(2,3)19-11-13-20(14-12-19)30-16-17-7-9-18(10-8-17)22(28)26-27-23(29)21-6-4-5-15-25-21/h4-15H,16H2,1-3H3,(H,26,28)(H,27,29). The fourth-order valence-corrected chi connectivity index (χ4v) is 2.72. The van der Waals surface area contributed by atoms with Gasteiger partial charge in [-0.15, -0.1) is 0 Å². The summed E-state index contributed by atoms with van der Waals surface area (Å²) in [6, 6.07) is 20.0. The van der Waals surface area contributed by atoms with Crippen molar-refractivity contribution in [3.05, 3.63) is 95.3 Å². The maximum Gasteiger partial charge on any atom is 0.288 e. The van der Waals surface area contributed by atoms with Gasteiger partial charge in [-0.3, -0.25) is 25.4 Å². The lowest BCUT2D eigenvalue weighted by Gasteiger charge is -2.19. The van der Waals surface area contributed by atoms with Crippen LogP contribution in [0.4, 0.5) is 0 Å². The molecule has 154 valence electrons. The molecule has 2 N–H and O–H groups in total. The fourth-order valence-electron chi connectivity index (χ4n) is 2.72. The van der Waals surface area contributed by atoms with E-state index in [1.165, 1.54) is 11.8 Å². The highest BCUT2D eigenvalue weighted by molar-refractivity contribution is 5.98. The number of benzene rings is 2. The second-order valence-electron chi connectivity index (χ2n) is 7.88. The SMILES string of the molecule is CC(C)(C)c1ccc(OCc2ccc(C(=O)NNC(=O)c3ccccn3)cc2)cc1. The summed E-state index contributed by atoms with van der Waals surface area (Å²) < 4.78 is 5.82. The third kappa shape index (κ3) is 5.67. The summed E-state index contributed by atoms with van der Waals surface area (Å²) in [5.41, 5.74) is 7.67. The van der Waals surface area contributed by atoms with Gasteiger partial charge < -0.3 is 4.74 Å². The third-order valence-electron chi connectivity index (χ3n) is 4.53. The van der Waals surface area contributed by atoms with Gasteiger partial charge in [0.2, 0.25) is 0 Å². The summed E-state index contributed by atoms with van der Waals surface area (Å²) in [7, 11) is 0. The summed E-state index contributed by atoms with van der Waals surface area (Å²) in [5, 5.41) is 0. The van der Waals surface area contributed by atoms with E-state index in [4.69, 9.17) is 4.74 Å². The molecule has 6 nitrogen and oxygen atoms in total. The second kappa shape index (κ2) is 9.22. The molecule has 2 aromatic carbocycles. The Morgan fingerprint density at radius 3 is 2.13 bits per heavy atom. The third-order valence-corrected chi connectivity index (χ3v) is 4.53. The van der Waals surface area contributed by atoms with Crippen LogP contribution < -0.4 is 15.6 Å². The summed E-state index contributed by atoms with van der Waals surface area (Å²) in [4.78, 5) is 28.1. The van der Waals surface area contributed by atoms with Gasteiger partial charge in [-0.1, -0.05) is 51.1 Å². The smallest absolute Gasteiger partial charge is 0.288 e. The maximum absolute atomic E-state index is 12.2. The lowest BCUT2D eigenvalue weighted by atomic mass is 9.87. The van der Waals surface area contributed by atoms with Crippen molar-refractivity contribution in [1.29, 1.82) is 0 Å². The van der Waals surface area contributed by atoms with Gasteiger partial charge in [0.25, 0.3) is 11.8 Å². The molecule has 0 saturated carbocycles. The highest BCUT2D eigenvalue weighted by Gasteiger charge is 2.13. The van der Waals surface area contributed by atoms with E-state index in [1.54, 1.807) is 30.3 Å². The van der Waals surface area contributed by atoms with E-state index in [1.807, 2.05) is 24.3 Å². The van der Waals surface area contributed by atoms with E-state index in [9.17, 15) is 9.59 Å². The van der Waals surface area contributed by atoms with E-state index in [0.29, 0.717) is 12.2 Å². The topological polar surface area (TPSA) is 80.3 Å². The molecule has 6 heteroatoms. The molecule has 2 amide bonds. The van der Waals surface area contributed by atoms with Crippen LogP contribution in [-0.4, -0.2) is 16.8 Å². The van der Waals surface area contributed by atoms with Gasteiger partial charge in [-0.2, -0.15) is 0 Å². The number of nitrogens with one attached hydrogen (secondary N) is 2. The van der Waals surface area contributed by atoms with Crippen LogP contribution in [0.1, 0.15) is 52.7 Å². The fraction of sp³-hybridized carbons (Fsp3) is 0.208. The number of ether oxygens (including phenoxy) is 1. The maximum atomic E-state index is 12.2. The molecule has 0 saturated heterocycles. The van der Waals surface area contributed by atoms with Crippen LogP contribution in [0.5, 0.6) is 5.75 Å². The number of carbonyl (C=O) groups is 2. The van der Waals surface area contributed by atoms with Gasteiger partial charge in [-0.05, 0) is 52.9 Å². The average molecular weight is 403 g/mol. The number of pyridine rings is 1. The number of amides is 2. The van der Waals surface area contributed by atoms with E-state index in [2.05, 4.69) is 48.7 Å². The van der Waals surface area contributed by atoms with Crippen LogP contribution in [0.15, 0.2) is 72.9 Å². The Labute approximate surface area is 176 Å². The molecule has 0 atom stereocenters. The zero-order valence-electron chi connectivity index (χ0n) is 17.3. The van der Waals surface area contributed by atoms with Crippen molar-refractivity contribution in [2.45, 2.75) is 32.8 Å². The Hall–Kier alpha value is -3.67. The number of nitrogens with zero attached hydrogens (tertiary/aromatic N) is 1. The first-order valence-electron chi connectivity index (χ1n) is 9.67. The van der Waals surface area contributed by atoms with Crippen molar-refractivity contribution in [2.24, 2.45) is 0 Å². The van der Waals surface area contributed by atoms with Crippen LogP contribution in [0.3, 0.4) is 0 Å². The quantitative estimate of drug-likeness (QED) is 0.630. The van der Waals surface area contributed by atoms with Crippen molar-refractivity contribution in [1.82, 2.24) is 15.8 Å². The largest absolute Gasteiger partial charge is 0.489 e. The molecule has 0 aliphatic heterocycles. The summed E-state index contributed by atoms with van der Waals surface area (Å²) >= 11 is 0. The van der Waals surface area contributed by atoms with Crippen LogP contribution in [-0.2, 0) is 12.0 Å². The van der Waals surface area contributed by atoms with Gasteiger partial charge in [0.1, 0.15) is 18.1 Å². The molecule has 0 fully saturated rings. The van der Waals surface area contributed by atoms with E-state index in [-0.39, 0.29) is 11.1 Å². The molecule has 0 radical (unpaired) electrons. The van der Waals surface area contributed by atoms with Gasteiger partial charge in [-0.25, -0.2) is 0 Å². The second-order valence-corrected chi connectivity index (χ2v) is 7.88. The molecular weight excluding hydrogens is 378 g/mol. The van der Waals surface area contributed by atoms with Crippen LogP contribution in [0, 0.1) is 0 Å². The lowest BCUT2D eigenvalue weighted by molar-refractivity contribution is 0.0844. The van der Waals surface area contributed by atoms with Crippen LogP contribution >= 0.6 is 0 Å². The van der Waals surface area contributed by atoms with Gasteiger partial charge in [0.15, 0.2) is 0 Å². The summed E-state index contributed by atoms with van der Waals surface area (Å²) in [6.45, 7) is 6.91.